The number of carbonyl (C=O) groups is 1. The molecule has 0 bridgehead atoms. The van der Waals surface area contributed by atoms with Gasteiger partial charge in [0.25, 0.3) is 0 Å². The maximum Gasteiger partial charge on any atom is 0.412 e. The first kappa shape index (κ1) is 21.2. The summed E-state index contributed by atoms with van der Waals surface area (Å²) in [6.07, 6.45) is 3.70. The van der Waals surface area contributed by atoms with Crippen LogP contribution in [0.4, 0.5) is 16.2 Å². The molecule has 1 aliphatic carbocycles. The highest BCUT2D eigenvalue weighted by atomic mass is 32.2. The molecule has 29 heavy (non-hydrogen) atoms. The number of anilines is 2. The Kier molecular flexibility index (Phi) is 5.89. The van der Waals surface area contributed by atoms with E-state index in [1.54, 1.807) is 24.3 Å². The third-order valence-electron chi connectivity index (χ3n) is 4.73. The summed E-state index contributed by atoms with van der Waals surface area (Å²) >= 11 is 0. The minimum absolute atomic E-state index is 0.137. The summed E-state index contributed by atoms with van der Waals surface area (Å²) < 4.78 is 28.6. The van der Waals surface area contributed by atoms with Gasteiger partial charge in [-0.3, -0.25) is 5.32 Å². The summed E-state index contributed by atoms with van der Waals surface area (Å²) in [6.45, 7) is 5.49. The highest BCUT2D eigenvalue weighted by Crippen LogP contribution is 2.34. The Balaban J connectivity index is 1.73. The van der Waals surface area contributed by atoms with Gasteiger partial charge in [0, 0.05) is 17.6 Å². The predicted octanol–water partition coefficient (Wildman–Crippen LogP) is 4.93. The lowest BCUT2D eigenvalue weighted by molar-refractivity contribution is 0.0636. The molecule has 2 aromatic carbocycles. The second-order valence-corrected chi connectivity index (χ2v) is 10.4. The molecule has 2 aromatic rings. The first-order valence-electron chi connectivity index (χ1n) is 9.71. The van der Waals surface area contributed by atoms with Gasteiger partial charge >= 0.3 is 6.09 Å². The molecular formula is C22H28N2O4S. The Morgan fingerprint density at radius 2 is 1.72 bits per heavy atom. The van der Waals surface area contributed by atoms with Crippen LogP contribution in [-0.4, -0.2) is 26.4 Å². The average Bonchev–Trinajstić information content (AvgIpc) is 2.60. The minimum Gasteiger partial charge on any atom is -0.444 e. The number of nitrogens with one attached hydrogen (secondary N) is 2. The summed E-state index contributed by atoms with van der Waals surface area (Å²) in [5, 5.41) is 6.30. The van der Waals surface area contributed by atoms with E-state index in [2.05, 4.69) is 10.6 Å². The largest absolute Gasteiger partial charge is 0.444 e. The van der Waals surface area contributed by atoms with Gasteiger partial charge in [-0.05, 0) is 87.6 Å². The SMILES string of the molecule is CC(C)(C)OC(=O)Nc1ccc2c(c1)CCCC2Nc1ccc(S(C)(=O)=O)cc1. The van der Waals surface area contributed by atoms with Crippen molar-refractivity contribution < 1.29 is 17.9 Å². The number of ether oxygens (including phenoxy) is 1. The van der Waals surface area contributed by atoms with Crippen LogP contribution >= 0.6 is 0 Å². The van der Waals surface area contributed by atoms with E-state index in [4.69, 9.17) is 4.74 Å². The van der Waals surface area contributed by atoms with Gasteiger partial charge in [-0.2, -0.15) is 0 Å². The van der Waals surface area contributed by atoms with Gasteiger partial charge in [0.2, 0.25) is 0 Å². The molecule has 0 radical (unpaired) electrons. The molecule has 0 heterocycles. The van der Waals surface area contributed by atoms with Gasteiger partial charge in [0.15, 0.2) is 9.84 Å². The van der Waals surface area contributed by atoms with E-state index in [0.29, 0.717) is 4.90 Å². The van der Waals surface area contributed by atoms with Crippen molar-refractivity contribution >= 4 is 27.3 Å². The maximum absolute atomic E-state index is 12.0. The highest BCUT2D eigenvalue weighted by Gasteiger charge is 2.22. The molecule has 1 aliphatic rings. The number of sulfone groups is 1. The topological polar surface area (TPSA) is 84.5 Å². The van der Waals surface area contributed by atoms with Crippen LogP contribution < -0.4 is 10.6 Å². The van der Waals surface area contributed by atoms with Crippen LogP contribution in [0.1, 0.15) is 50.8 Å². The number of hydrogen-bond acceptors (Lipinski definition) is 5. The van der Waals surface area contributed by atoms with Gasteiger partial charge in [-0.1, -0.05) is 6.07 Å². The van der Waals surface area contributed by atoms with E-state index in [-0.39, 0.29) is 6.04 Å². The lowest BCUT2D eigenvalue weighted by atomic mass is 9.87. The molecule has 0 saturated carbocycles. The number of aryl methyl sites for hydroxylation is 1. The minimum atomic E-state index is -3.20. The number of rotatable bonds is 4. The Labute approximate surface area is 172 Å². The zero-order valence-electron chi connectivity index (χ0n) is 17.3. The monoisotopic (exact) mass is 416 g/mol. The van der Waals surface area contributed by atoms with Crippen molar-refractivity contribution in [1.82, 2.24) is 0 Å². The van der Waals surface area contributed by atoms with Crippen molar-refractivity contribution in [3.05, 3.63) is 53.6 Å². The van der Waals surface area contributed by atoms with Gasteiger partial charge < -0.3 is 10.1 Å². The molecule has 0 saturated heterocycles. The van der Waals surface area contributed by atoms with Crippen molar-refractivity contribution in [2.24, 2.45) is 0 Å². The molecule has 6 nitrogen and oxygen atoms in total. The number of benzene rings is 2. The maximum atomic E-state index is 12.0. The lowest BCUT2D eigenvalue weighted by Gasteiger charge is -2.28. The zero-order chi connectivity index (χ0) is 21.2. The summed E-state index contributed by atoms with van der Waals surface area (Å²) in [5.74, 6) is 0. The second-order valence-electron chi connectivity index (χ2n) is 8.43. The lowest BCUT2D eigenvalue weighted by Crippen LogP contribution is -2.27. The third-order valence-corrected chi connectivity index (χ3v) is 5.85. The van der Waals surface area contributed by atoms with Crippen LogP contribution in [0.25, 0.3) is 0 Å². The molecule has 1 atom stereocenters. The van der Waals surface area contributed by atoms with E-state index in [0.717, 1.165) is 30.6 Å². The molecule has 0 spiro atoms. The van der Waals surface area contributed by atoms with Gasteiger partial charge in [-0.25, -0.2) is 13.2 Å². The van der Waals surface area contributed by atoms with E-state index in [9.17, 15) is 13.2 Å². The predicted molar refractivity (Wildman–Crippen MR) is 115 cm³/mol. The van der Waals surface area contributed by atoms with Crippen LogP contribution in [0.5, 0.6) is 0 Å². The van der Waals surface area contributed by atoms with Crippen LogP contribution in [0.2, 0.25) is 0 Å². The highest BCUT2D eigenvalue weighted by molar-refractivity contribution is 7.90. The Hall–Kier alpha value is -2.54. The summed E-state index contributed by atoms with van der Waals surface area (Å²) in [4.78, 5) is 12.3. The summed E-state index contributed by atoms with van der Waals surface area (Å²) in [5.41, 5.74) is 3.44. The quantitative estimate of drug-likeness (QED) is 0.738. The number of amides is 1. The van der Waals surface area contributed by atoms with Gasteiger partial charge in [0.1, 0.15) is 5.60 Å². The molecule has 7 heteroatoms. The fourth-order valence-electron chi connectivity index (χ4n) is 3.46. The van der Waals surface area contributed by atoms with Crippen molar-refractivity contribution in [3.8, 4) is 0 Å². The van der Waals surface area contributed by atoms with Crippen LogP contribution in [0.3, 0.4) is 0 Å². The molecule has 0 aromatic heterocycles. The van der Waals surface area contributed by atoms with Crippen LogP contribution in [0, 0.1) is 0 Å². The molecule has 3 rings (SSSR count). The van der Waals surface area contributed by atoms with E-state index in [1.807, 2.05) is 39.0 Å². The Bertz CT molecular complexity index is 992. The number of fused-ring (bicyclic) bond motifs is 1. The second kappa shape index (κ2) is 8.06. The molecule has 1 unspecified atom stereocenters. The molecular weight excluding hydrogens is 388 g/mol. The number of carbonyl (C=O) groups excluding carboxylic acids is 1. The van der Waals surface area contributed by atoms with E-state index < -0.39 is 21.5 Å². The number of hydrogen-bond donors (Lipinski definition) is 2. The third kappa shape index (κ3) is 5.73. The van der Waals surface area contributed by atoms with Crippen LogP contribution in [-0.2, 0) is 21.0 Å². The zero-order valence-corrected chi connectivity index (χ0v) is 18.1. The van der Waals surface area contributed by atoms with Crippen molar-refractivity contribution in [1.29, 1.82) is 0 Å². The molecule has 0 fully saturated rings. The fraction of sp³-hybridized carbons (Fsp3) is 0.409. The Morgan fingerprint density at radius 3 is 2.34 bits per heavy atom. The first-order chi connectivity index (χ1) is 13.5. The van der Waals surface area contributed by atoms with E-state index in [1.165, 1.54) is 17.4 Å². The summed E-state index contributed by atoms with van der Waals surface area (Å²) in [6, 6.07) is 12.9. The van der Waals surface area contributed by atoms with Crippen molar-refractivity contribution in [2.45, 2.75) is 56.6 Å². The Morgan fingerprint density at radius 1 is 1.07 bits per heavy atom. The van der Waals surface area contributed by atoms with Gasteiger partial charge in [0.05, 0.1) is 10.9 Å². The summed E-state index contributed by atoms with van der Waals surface area (Å²) in [7, 11) is -3.20. The molecule has 1 amide bonds. The fourth-order valence-corrected chi connectivity index (χ4v) is 4.09. The van der Waals surface area contributed by atoms with E-state index >= 15 is 0 Å². The van der Waals surface area contributed by atoms with Gasteiger partial charge in [-0.15, -0.1) is 0 Å². The average molecular weight is 417 g/mol. The smallest absolute Gasteiger partial charge is 0.412 e. The normalized spacial score (nSPS) is 16.6. The molecule has 156 valence electrons. The van der Waals surface area contributed by atoms with Crippen molar-refractivity contribution in [3.63, 3.8) is 0 Å². The first-order valence-corrected chi connectivity index (χ1v) is 11.6. The molecule has 2 N–H and O–H groups in total. The van der Waals surface area contributed by atoms with Crippen LogP contribution in [0.15, 0.2) is 47.4 Å². The molecule has 0 aliphatic heterocycles. The standard InChI is InChI=1S/C22H28N2O4S/c1-22(2,3)28-21(25)24-17-10-13-19-15(14-17)6-5-7-20(19)23-16-8-11-18(12-9-16)29(4,26)27/h8-14,20,23H,5-7H2,1-4H3,(H,24,25). The van der Waals surface area contributed by atoms with Crippen molar-refractivity contribution in [2.75, 3.05) is 16.9 Å².